The topological polar surface area (TPSA) is 80.0 Å². The summed E-state index contributed by atoms with van der Waals surface area (Å²) in [6.07, 6.45) is 0.471. The summed E-state index contributed by atoms with van der Waals surface area (Å²) in [5, 5.41) is 28.6. The summed E-state index contributed by atoms with van der Waals surface area (Å²) in [7, 11) is 0. The number of nitriles is 1. The first-order valence-electron chi connectivity index (χ1n) is 10.3. The molecule has 1 heterocycles. The molecule has 2 N–H and O–H groups in total. The molecule has 0 saturated carbocycles. The SMILES string of the molecule is CC(O)C(Oc1ccc(C(=CC#N)c2ccccc2)cc1)N1CCN(CCO)CC1.Cl.Cl. The van der Waals surface area contributed by atoms with Crippen LogP contribution in [-0.4, -0.2) is 71.7 Å². The molecule has 0 aromatic heterocycles. The van der Waals surface area contributed by atoms with Gasteiger partial charge in [-0.3, -0.25) is 9.80 Å². The zero-order valence-electron chi connectivity index (χ0n) is 18.1. The van der Waals surface area contributed by atoms with Gasteiger partial charge in [-0.1, -0.05) is 42.5 Å². The summed E-state index contributed by atoms with van der Waals surface area (Å²) in [6, 6.07) is 19.6. The number of nitrogens with zero attached hydrogens (tertiary/aromatic N) is 3. The minimum Gasteiger partial charge on any atom is -0.472 e. The highest BCUT2D eigenvalue weighted by Crippen LogP contribution is 2.26. The van der Waals surface area contributed by atoms with Crippen molar-refractivity contribution < 1.29 is 14.9 Å². The quantitative estimate of drug-likeness (QED) is 0.565. The number of aliphatic hydroxyl groups excluding tert-OH is 2. The lowest BCUT2D eigenvalue weighted by Gasteiger charge is -2.39. The Balaban J connectivity index is 0.00000256. The molecule has 0 amide bonds. The minimum absolute atomic E-state index is 0. The van der Waals surface area contributed by atoms with Gasteiger partial charge in [-0.05, 0) is 35.8 Å². The van der Waals surface area contributed by atoms with Crippen LogP contribution < -0.4 is 4.74 Å². The van der Waals surface area contributed by atoms with Gasteiger partial charge in [0.2, 0.25) is 0 Å². The average molecular weight is 480 g/mol. The van der Waals surface area contributed by atoms with Gasteiger partial charge < -0.3 is 14.9 Å². The highest BCUT2D eigenvalue weighted by atomic mass is 35.5. The van der Waals surface area contributed by atoms with Gasteiger partial charge in [0.25, 0.3) is 0 Å². The first kappa shape index (κ1) is 27.9. The van der Waals surface area contributed by atoms with E-state index in [0.717, 1.165) is 42.9 Å². The van der Waals surface area contributed by atoms with Gasteiger partial charge in [-0.25, -0.2) is 0 Å². The van der Waals surface area contributed by atoms with Crippen LogP contribution in [0.25, 0.3) is 5.57 Å². The lowest BCUT2D eigenvalue weighted by molar-refractivity contribution is -0.0752. The number of benzene rings is 2. The maximum atomic E-state index is 10.3. The van der Waals surface area contributed by atoms with Crippen molar-refractivity contribution in [1.29, 1.82) is 5.26 Å². The number of hydrogen-bond donors (Lipinski definition) is 2. The van der Waals surface area contributed by atoms with E-state index >= 15 is 0 Å². The Morgan fingerprint density at radius 1 is 1.03 bits per heavy atom. The maximum absolute atomic E-state index is 10.3. The largest absolute Gasteiger partial charge is 0.472 e. The third-order valence-electron chi connectivity index (χ3n) is 5.31. The van der Waals surface area contributed by atoms with E-state index in [2.05, 4.69) is 15.9 Å². The molecular formula is C24H31Cl2N3O3. The molecule has 174 valence electrons. The Labute approximate surface area is 202 Å². The second-order valence-corrected chi connectivity index (χ2v) is 7.43. The van der Waals surface area contributed by atoms with E-state index in [9.17, 15) is 10.4 Å². The first-order chi connectivity index (χ1) is 14.6. The molecule has 1 aliphatic rings. The number of ether oxygens (including phenoxy) is 1. The predicted molar refractivity (Wildman–Crippen MR) is 131 cm³/mol. The fourth-order valence-electron chi connectivity index (χ4n) is 3.73. The van der Waals surface area contributed by atoms with Gasteiger partial charge in [0.05, 0.1) is 12.7 Å². The van der Waals surface area contributed by atoms with Crippen molar-refractivity contribution in [2.75, 3.05) is 39.3 Å². The molecule has 0 spiro atoms. The van der Waals surface area contributed by atoms with Crippen LogP contribution in [-0.2, 0) is 0 Å². The van der Waals surface area contributed by atoms with E-state index < -0.39 is 12.3 Å². The molecular weight excluding hydrogens is 449 g/mol. The van der Waals surface area contributed by atoms with E-state index in [1.54, 1.807) is 13.0 Å². The smallest absolute Gasteiger partial charge is 0.178 e. The van der Waals surface area contributed by atoms with E-state index in [-0.39, 0.29) is 31.4 Å². The third-order valence-corrected chi connectivity index (χ3v) is 5.31. The van der Waals surface area contributed by atoms with Crippen molar-refractivity contribution in [3.63, 3.8) is 0 Å². The van der Waals surface area contributed by atoms with Crippen LogP contribution in [0.3, 0.4) is 0 Å². The minimum atomic E-state index is -0.646. The molecule has 0 radical (unpaired) electrons. The number of aliphatic hydroxyl groups is 2. The van der Waals surface area contributed by atoms with Gasteiger partial charge in [0, 0.05) is 38.8 Å². The Morgan fingerprint density at radius 2 is 1.62 bits per heavy atom. The zero-order chi connectivity index (χ0) is 21.3. The zero-order valence-corrected chi connectivity index (χ0v) is 19.8. The van der Waals surface area contributed by atoms with E-state index in [1.165, 1.54) is 0 Å². The Morgan fingerprint density at radius 3 is 2.16 bits per heavy atom. The highest BCUT2D eigenvalue weighted by molar-refractivity contribution is 5.85. The molecule has 8 heteroatoms. The predicted octanol–water partition coefficient (Wildman–Crippen LogP) is 3.18. The van der Waals surface area contributed by atoms with Crippen molar-refractivity contribution in [3.8, 4) is 11.8 Å². The second kappa shape index (κ2) is 14.1. The molecule has 2 aromatic carbocycles. The molecule has 6 nitrogen and oxygen atoms in total. The third kappa shape index (κ3) is 7.49. The molecule has 2 unspecified atom stereocenters. The van der Waals surface area contributed by atoms with Gasteiger partial charge in [-0.15, -0.1) is 24.8 Å². The molecule has 2 atom stereocenters. The van der Waals surface area contributed by atoms with E-state index in [0.29, 0.717) is 12.3 Å². The fraction of sp³-hybridized carbons (Fsp3) is 0.375. The van der Waals surface area contributed by atoms with Crippen LogP contribution in [0.4, 0.5) is 0 Å². The molecule has 0 bridgehead atoms. The lowest BCUT2D eigenvalue weighted by Crippen LogP contribution is -2.55. The lowest BCUT2D eigenvalue weighted by atomic mass is 9.98. The molecule has 1 aliphatic heterocycles. The van der Waals surface area contributed by atoms with Crippen LogP contribution >= 0.6 is 24.8 Å². The number of allylic oxidation sites excluding steroid dienone is 1. The summed E-state index contributed by atoms with van der Waals surface area (Å²) in [5.74, 6) is 0.673. The van der Waals surface area contributed by atoms with Crippen LogP contribution in [0.15, 0.2) is 60.7 Å². The van der Waals surface area contributed by atoms with Gasteiger partial charge in [0.15, 0.2) is 6.23 Å². The molecule has 2 aromatic rings. The molecule has 32 heavy (non-hydrogen) atoms. The number of hydrogen-bond acceptors (Lipinski definition) is 6. The van der Waals surface area contributed by atoms with Crippen LogP contribution in [0, 0.1) is 11.3 Å². The fourth-order valence-corrected chi connectivity index (χ4v) is 3.73. The van der Waals surface area contributed by atoms with Crippen molar-refractivity contribution in [3.05, 3.63) is 71.8 Å². The second-order valence-electron chi connectivity index (χ2n) is 7.43. The number of rotatable bonds is 8. The summed E-state index contributed by atoms with van der Waals surface area (Å²) < 4.78 is 6.13. The summed E-state index contributed by atoms with van der Waals surface area (Å²) >= 11 is 0. The first-order valence-corrected chi connectivity index (χ1v) is 10.3. The number of β-amino-alcohol motifs (C(OH)–C–C–N with tert-alkyl or cyclic N) is 1. The van der Waals surface area contributed by atoms with E-state index in [1.807, 2.05) is 54.6 Å². The van der Waals surface area contributed by atoms with Crippen molar-refractivity contribution in [2.45, 2.75) is 19.3 Å². The Kier molecular flexibility index (Phi) is 12.3. The van der Waals surface area contributed by atoms with Crippen LogP contribution in [0.1, 0.15) is 18.1 Å². The maximum Gasteiger partial charge on any atom is 0.178 e. The van der Waals surface area contributed by atoms with Crippen molar-refractivity contribution in [2.24, 2.45) is 0 Å². The van der Waals surface area contributed by atoms with Crippen LogP contribution in [0.5, 0.6) is 5.75 Å². The molecule has 0 aliphatic carbocycles. The monoisotopic (exact) mass is 479 g/mol. The van der Waals surface area contributed by atoms with E-state index in [4.69, 9.17) is 9.84 Å². The summed E-state index contributed by atoms with van der Waals surface area (Å²) in [6.45, 7) is 5.80. The van der Waals surface area contributed by atoms with Crippen molar-refractivity contribution >= 4 is 30.4 Å². The van der Waals surface area contributed by atoms with Gasteiger partial charge >= 0.3 is 0 Å². The standard InChI is InChI=1S/C24H29N3O3.2ClH/c1-19(29)24(27-15-13-26(14-16-27)17-18-28)30-22-9-7-21(8-10-22)23(11-12-25)20-5-3-2-4-6-20;;/h2-11,19,24,28-29H,13-18H2,1H3;2*1H. The highest BCUT2D eigenvalue weighted by Gasteiger charge is 2.28. The van der Waals surface area contributed by atoms with Crippen LogP contribution in [0.2, 0.25) is 0 Å². The number of halogens is 2. The Hall–Kier alpha value is -2.11. The molecule has 3 rings (SSSR count). The molecule has 1 fully saturated rings. The Bertz CT molecular complexity index is 862. The average Bonchev–Trinajstić information content (AvgIpc) is 2.78. The normalized spacial score (nSPS) is 16.8. The number of piperazine rings is 1. The van der Waals surface area contributed by atoms with Gasteiger partial charge in [0.1, 0.15) is 11.9 Å². The summed E-state index contributed by atoms with van der Waals surface area (Å²) in [4.78, 5) is 4.34. The molecule has 1 saturated heterocycles. The van der Waals surface area contributed by atoms with Gasteiger partial charge in [-0.2, -0.15) is 5.26 Å². The van der Waals surface area contributed by atoms with Crippen molar-refractivity contribution in [1.82, 2.24) is 9.80 Å². The summed E-state index contributed by atoms with van der Waals surface area (Å²) in [5.41, 5.74) is 2.77.